The number of hydrogen-bond acceptors (Lipinski definition) is 7. The van der Waals surface area contributed by atoms with Crippen LogP contribution in [0.15, 0.2) is 12.3 Å². The minimum atomic E-state index is -4.48. The van der Waals surface area contributed by atoms with Crippen LogP contribution >= 0.6 is 7.82 Å². The Balaban J connectivity index is 1.56. The number of nitrogens with one attached hydrogen (secondary N) is 1. The summed E-state index contributed by atoms with van der Waals surface area (Å²) in [6, 6.07) is 1.32. The van der Waals surface area contributed by atoms with E-state index in [0.717, 1.165) is 6.26 Å². The topological polar surface area (TPSA) is 175 Å². The molecule has 1 aliphatic heterocycles. The standard InChI is InChI=1S/C20H24N3O9PS/c1-20(18(24)21-26,34(2,30)31)7-8-22-12-17-9-14(11-23(17)19(22)25)5-3-4-6-15-10-16(15)13-32-33(27,28)29/h9,11,15-16,26H,7-8,10,12-13H2,1-2H3,(H,21,24)(H2,27,28,29)/t15-,16+,20?/m0/s1. The van der Waals surface area contributed by atoms with Crippen molar-refractivity contribution in [3.8, 4) is 23.7 Å². The summed E-state index contributed by atoms with van der Waals surface area (Å²) in [6.07, 6.45) is 2.91. The van der Waals surface area contributed by atoms with Crippen LogP contribution < -0.4 is 5.48 Å². The van der Waals surface area contributed by atoms with Gasteiger partial charge in [-0.1, -0.05) is 11.8 Å². The molecule has 1 fully saturated rings. The van der Waals surface area contributed by atoms with E-state index in [-0.39, 0.29) is 44.0 Å². The molecule has 0 saturated heterocycles. The lowest BCUT2D eigenvalue weighted by molar-refractivity contribution is -0.131. The van der Waals surface area contributed by atoms with E-state index < -0.39 is 28.3 Å². The van der Waals surface area contributed by atoms with Crippen LogP contribution in [0.2, 0.25) is 0 Å². The molecule has 34 heavy (non-hydrogen) atoms. The number of nitrogens with zero attached hydrogens (tertiary/aromatic N) is 2. The molecule has 0 spiro atoms. The Labute approximate surface area is 196 Å². The monoisotopic (exact) mass is 513 g/mol. The summed E-state index contributed by atoms with van der Waals surface area (Å²) in [7, 11) is -8.34. The van der Waals surface area contributed by atoms with Crippen LogP contribution in [0.25, 0.3) is 0 Å². The summed E-state index contributed by atoms with van der Waals surface area (Å²) in [6.45, 7) is 1.32. The van der Waals surface area contributed by atoms with Gasteiger partial charge >= 0.3 is 13.9 Å². The Morgan fingerprint density at radius 1 is 1.38 bits per heavy atom. The van der Waals surface area contributed by atoms with Crippen LogP contribution in [-0.2, 0) is 30.3 Å². The van der Waals surface area contributed by atoms with Crippen LogP contribution in [-0.4, -0.2) is 69.0 Å². The molecule has 4 N–H and O–H groups in total. The number of sulfone groups is 1. The highest BCUT2D eigenvalue weighted by Crippen LogP contribution is 2.43. The number of carbonyl (C=O) groups is 2. The summed E-state index contributed by atoms with van der Waals surface area (Å²) in [5.74, 6) is 9.98. The number of fused-ring (bicyclic) bond motifs is 1. The minimum Gasteiger partial charge on any atom is -0.318 e. The van der Waals surface area contributed by atoms with Crippen LogP contribution in [0.1, 0.15) is 31.0 Å². The van der Waals surface area contributed by atoms with Gasteiger partial charge in [0.25, 0.3) is 5.91 Å². The Morgan fingerprint density at radius 2 is 2.09 bits per heavy atom. The van der Waals surface area contributed by atoms with E-state index in [1.165, 1.54) is 28.1 Å². The first kappa shape index (κ1) is 26.0. The fraction of sp³-hybridized carbons (Fsp3) is 0.500. The Morgan fingerprint density at radius 3 is 2.68 bits per heavy atom. The van der Waals surface area contributed by atoms with Crippen molar-refractivity contribution in [2.24, 2.45) is 11.8 Å². The second-order valence-corrected chi connectivity index (χ2v) is 12.1. The lowest BCUT2D eigenvalue weighted by Gasteiger charge is -2.27. The molecule has 1 unspecified atom stereocenters. The molecule has 14 heteroatoms. The first-order chi connectivity index (χ1) is 15.7. The molecule has 3 rings (SSSR count). The van der Waals surface area contributed by atoms with Crippen molar-refractivity contribution in [1.29, 1.82) is 0 Å². The third-order valence-corrected chi connectivity index (χ3v) is 8.41. The zero-order valence-electron chi connectivity index (χ0n) is 18.4. The maximum absolute atomic E-state index is 12.7. The first-order valence-electron chi connectivity index (χ1n) is 10.1. The second-order valence-electron chi connectivity index (χ2n) is 8.40. The Kier molecular flexibility index (Phi) is 7.29. The van der Waals surface area contributed by atoms with Gasteiger partial charge in [-0.05, 0) is 43.6 Å². The molecule has 2 aliphatic rings. The van der Waals surface area contributed by atoms with Crippen LogP contribution in [0.5, 0.6) is 0 Å². The van der Waals surface area contributed by atoms with Gasteiger partial charge in [0.05, 0.1) is 13.2 Å². The molecule has 0 aromatic carbocycles. The van der Waals surface area contributed by atoms with E-state index in [0.29, 0.717) is 17.7 Å². The summed E-state index contributed by atoms with van der Waals surface area (Å²) in [5, 5.41) is 8.90. The quantitative estimate of drug-likeness (QED) is 0.162. The van der Waals surface area contributed by atoms with Crippen LogP contribution in [0.4, 0.5) is 4.79 Å². The average Bonchev–Trinajstić information content (AvgIpc) is 3.28. The highest BCUT2D eigenvalue weighted by molar-refractivity contribution is 7.92. The molecule has 3 atom stereocenters. The number of amides is 2. The molecule has 1 saturated carbocycles. The molecular weight excluding hydrogens is 489 g/mol. The van der Waals surface area contributed by atoms with Gasteiger partial charge in [-0.25, -0.2) is 23.3 Å². The maximum Gasteiger partial charge on any atom is 0.469 e. The van der Waals surface area contributed by atoms with Gasteiger partial charge in [0.2, 0.25) is 0 Å². The molecule has 0 radical (unpaired) electrons. The van der Waals surface area contributed by atoms with Crippen molar-refractivity contribution in [3.05, 3.63) is 23.5 Å². The van der Waals surface area contributed by atoms with Gasteiger partial charge in [0.1, 0.15) is 0 Å². The summed E-state index contributed by atoms with van der Waals surface area (Å²) >= 11 is 0. The number of phosphoric acid groups is 1. The number of carbonyl (C=O) groups excluding carboxylic acids is 2. The zero-order chi connectivity index (χ0) is 25.3. The SMILES string of the molecule is CC(CCN1Cc2cc(C#CC#C[C@H]3C[C@@H]3COP(=O)(O)O)cn2C1=O)(C(=O)NO)S(C)(=O)=O. The van der Waals surface area contributed by atoms with E-state index in [9.17, 15) is 22.6 Å². The summed E-state index contributed by atoms with van der Waals surface area (Å²) in [5.41, 5.74) is 2.59. The van der Waals surface area contributed by atoms with Gasteiger partial charge in [0, 0.05) is 36.2 Å². The molecule has 1 aromatic heterocycles. The van der Waals surface area contributed by atoms with E-state index in [1.54, 1.807) is 6.07 Å². The van der Waals surface area contributed by atoms with Gasteiger partial charge in [-0.3, -0.25) is 19.1 Å². The summed E-state index contributed by atoms with van der Waals surface area (Å²) < 4.78 is 38.8. The number of hydroxylamine groups is 1. The second kappa shape index (κ2) is 9.55. The lowest BCUT2D eigenvalue weighted by Crippen LogP contribution is -2.50. The van der Waals surface area contributed by atoms with E-state index in [2.05, 4.69) is 28.2 Å². The van der Waals surface area contributed by atoms with Crippen molar-refractivity contribution >= 4 is 29.6 Å². The van der Waals surface area contributed by atoms with Gasteiger partial charge in [-0.2, -0.15) is 0 Å². The first-order valence-corrected chi connectivity index (χ1v) is 13.5. The zero-order valence-corrected chi connectivity index (χ0v) is 20.1. The van der Waals surface area contributed by atoms with Crippen LogP contribution in [0.3, 0.4) is 0 Å². The number of phosphoric ester groups is 1. The predicted molar refractivity (Wildman–Crippen MR) is 118 cm³/mol. The van der Waals surface area contributed by atoms with Crippen LogP contribution in [0, 0.1) is 35.5 Å². The minimum absolute atomic E-state index is 0.0156. The molecule has 1 aromatic rings. The van der Waals surface area contributed by atoms with E-state index in [4.69, 9.17) is 15.0 Å². The normalized spacial score (nSPS) is 21.0. The largest absolute Gasteiger partial charge is 0.469 e. The fourth-order valence-electron chi connectivity index (χ4n) is 3.43. The fourth-order valence-corrected chi connectivity index (χ4v) is 4.66. The average molecular weight is 513 g/mol. The van der Waals surface area contributed by atoms with Gasteiger partial charge < -0.3 is 14.7 Å². The Bertz CT molecular complexity index is 1280. The Hall–Kier alpha value is -2.64. The number of aromatic nitrogens is 1. The molecule has 2 amide bonds. The van der Waals surface area contributed by atoms with Gasteiger partial charge in [0.15, 0.2) is 14.6 Å². The molecule has 2 heterocycles. The van der Waals surface area contributed by atoms with E-state index in [1.807, 2.05) is 0 Å². The third kappa shape index (κ3) is 5.88. The highest BCUT2D eigenvalue weighted by atomic mass is 32.2. The third-order valence-electron chi connectivity index (χ3n) is 5.89. The highest BCUT2D eigenvalue weighted by Gasteiger charge is 2.44. The van der Waals surface area contributed by atoms with Crippen molar-refractivity contribution in [1.82, 2.24) is 14.9 Å². The number of rotatable bonds is 8. The molecule has 184 valence electrons. The number of hydrogen-bond donors (Lipinski definition) is 4. The van der Waals surface area contributed by atoms with Crippen molar-refractivity contribution in [2.45, 2.75) is 31.1 Å². The predicted octanol–water partition coefficient (Wildman–Crippen LogP) is 0.0709. The summed E-state index contributed by atoms with van der Waals surface area (Å²) in [4.78, 5) is 43.4. The molecule has 12 nitrogen and oxygen atoms in total. The van der Waals surface area contributed by atoms with Crippen molar-refractivity contribution in [3.63, 3.8) is 0 Å². The maximum atomic E-state index is 12.7. The van der Waals surface area contributed by atoms with Gasteiger partial charge in [-0.15, -0.1) is 0 Å². The lowest BCUT2D eigenvalue weighted by atomic mass is 10.1. The van der Waals surface area contributed by atoms with Crippen molar-refractivity contribution < 1.29 is 42.1 Å². The smallest absolute Gasteiger partial charge is 0.318 e. The molecular formula is C20H24N3O9PS. The van der Waals surface area contributed by atoms with E-state index >= 15 is 0 Å². The molecule has 1 aliphatic carbocycles. The molecule has 0 bridgehead atoms. The van der Waals surface area contributed by atoms with Crippen molar-refractivity contribution in [2.75, 3.05) is 19.4 Å².